The van der Waals surface area contributed by atoms with Gasteiger partial charge in [0.1, 0.15) is 11.5 Å². The molecule has 0 atom stereocenters. The van der Waals surface area contributed by atoms with Crippen LogP contribution in [0.5, 0.6) is 5.75 Å². The predicted molar refractivity (Wildman–Crippen MR) is 73.2 cm³/mol. The van der Waals surface area contributed by atoms with E-state index in [1.54, 1.807) is 18.1 Å². The van der Waals surface area contributed by atoms with Crippen molar-refractivity contribution in [1.29, 1.82) is 0 Å². The monoisotopic (exact) mass is 289 g/mol. The number of amides is 1. The van der Waals surface area contributed by atoms with Crippen molar-refractivity contribution < 1.29 is 14.1 Å². The molecule has 0 fully saturated rings. The summed E-state index contributed by atoms with van der Waals surface area (Å²) in [5.41, 5.74) is 1.07. The summed E-state index contributed by atoms with van der Waals surface area (Å²) in [6.45, 7) is 0.997. The minimum Gasteiger partial charge on any atom is -0.496 e. The maximum Gasteiger partial charge on any atom is 0.259 e. The molecule has 0 aromatic carbocycles. The molecule has 0 bridgehead atoms. The fourth-order valence-electron chi connectivity index (χ4n) is 2.43. The quantitative estimate of drug-likeness (QED) is 0.808. The van der Waals surface area contributed by atoms with E-state index >= 15 is 0 Å². The lowest BCUT2D eigenvalue weighted by molar-refractivity contribution is 0.0724. The summed E-state index contributed by atoms with van der Waals surface area (Å²) in [4.78, 5) is 26.0. The number of rotatable bonds is 2. The number of aromatic nitrogens is 2. The molecule has 0 N–H and O–H groups in total. The van der Waals surface area contributed by atoms with Gasteiger partial charge in [-0.15, -0.1) is 0 Å². The maximum atomic E-state index is 12.7. The number of nitrogens with zero attached hydrogens (tertiary/aromatic N) is 3. The molecule has 7 heteroatoms. The van der Waals surface area contributed by atoms with Crippen LogP contribution >= 0.6 is 0 Å². The number of pyridine rings is 1. The van der Waals surface area contributed by atoms with Crippen LogP contribution in [0.2, 0.25) is 0 Å². The zero-order chi connectivity index (χ0) is 15.0. The lowest BCUT2D eigenvalue weighted by atomic mass is 10.1. The Balaban J connectivity index is 1.93. The zero-order valence-corrected chi connectivity index (χ0v) is 11.8. The van der Waals surface area contributed by atoms with E-state index in [2.05, 4.69) is 5.16 Å². The summed E-state index contributed by atoms with van der Waals surface area (Å²) >= 11 is 0. The van der Waals surface area contributed by atoms with Gasteiger partial charge in [0.15, 0.2) is 0 Å². The number of aryl methyl sites for hydroxylation is 1. The van der Waals surface area contributed by atoms with Crippen LogP contribution in [0.1, 0.15) is 21.7 Å². The van der Waals surface area contributed by atoms with Gasteiger partial charge in [0.25, 0.3) is 11.5 Å². The van der Waals surface area contributed by atoms with E-state index in [-0.39, 0.29) is 11.5 Å². The first kappa shape index (κ1) is 13.4. The van der Waals surface area contributed by atoms with Crippen LogP contribution in [-0.4, -0.2) is 34.2 Å². The molecule has 3 rings (SSSR count). The van der Waals surface area contributed by atoms with Crippen molar-refractivity contribution in [2.75, 3.05) is 13.7 Å². The normalized spacial score (nSPS) is 13.9. The summed E-state index contributed by atoms with van der Waals surface area (Å²) < 4.78 is 11.6. The van der Waals surface area contributed by atoms with E-state index in [1.807, 2.05) is 0 Å². The number of methoxy groups -OCH3 is 1. The minimum atomic E-state index is -0.219. The second-order valence-electron chi connectivity index (χ2n) is 4.96. The van der Waals surface area contributed by atoms with Gasteiger partial charge in [0.05, 0.1) is 25.4 Å². The molecule has 1 amide bonds. The van der Waals surface area contributed by atoms with Gasteiger partial charge >= 0.3 is 0 Å². The second-order valence-corrected chi connectivity index (χ2v) is 4.96. The number of carbonyl (C=O) groups is 1. The number of hydrogen-bond donors (Lipinski definition) is 0. The fourth-order valence-corrected chi connectivity index (χ4v) is 2.43. The first-order valence-corrected chi connectivity index (χ1v) is 6.56. The summed E-state index contributed by atoms with van der Waals surface area (Å²) in [7, 11) is 3.05. The molecule has 2 aromatic heterocycles. The van der Waals surface area contributed by atoms with Crippen LogP contribution in [0.4, 0.5) is 0 Å². The first-order valence-electron chi connectivity index (χ1n) is 6.56. The number of hydrogen-bond acceptors (Lipinski definition) is 5. The Kier molecular flexibility index (Phi) is 3.25. The van der Waals surface area contributed by atoms with Crippen LogP contribution in [0.25, 0.3) is 0 Å². The highest BCUT2D eigenvalue weighted by molar-refractivity contribution is 5.96. The van der Waals surface area contributed by atoms with Crippen molar-refractivity contribution in [2.24, 2.45) is 7.05 Å². The third-order valence-corrected chi connectivity index (χ3v) is 3.63. The van der Waals surface area contributed by atoms with Gasteiger partial charge in [0, 0.05) is 37.8 Å². The molecule has 1 aliphatic heterocycles. The van der Waals surface area contributed by atoms with E-state index in [9.17, 15) is 9.59 Å². The smallest absolute Gasteiger partial charge is 0.259 e. The average Bonchev–Trinajstić information content (AvgIpc) is 2.96. The molecule has 3 heterocycles. The highest BCUT2D eigenvalue weighted by atomic mass is 16.5. The van der Waals surface area contributed by atoms with Gasteiger partial charge < -0.3 is 18.7 Å². The van der Waals surface area contributed by atoms with Crippen molar-refractivity contribution in [3.8, 4) is 5.75 Å². The molecule has 0 radical (unpaired) electrons. The predicted octanol–water partition coefficient (Wildman–Crippen LogP) is 0.580. The molecule has 0 aliphatic carbocycles. The fraction of sp³-hybridized carbons (Fsp3) is 0.357. The molecule has 0 unspecified atom stereocenters. The Morgan fingerprint density at radius 1 is 1.48 bits per heavy atom. The van der Waals surface area contributed by atoms with Crippen molar-refractivity contribution in [2.45, 2.75) is 13.0 Å². The zero-order valence-electron chi connectivity index (χ0n) is 11.8. The standard InChI is InChI=1S/C14H15N3O4/c1-16-8-10(12(20-2)5-13(16)18)14(19)17-4-3-11-9(7-17)6-15-21-11/h5-6,8H,3-4,7H2,1-2H3. The first-order chi connectivity index (χ1) is 10.1. The number of ether oxygens (including phenoxy) is 1. The van der Waals surface area contributed by atoms with Gasteiger partial charge in [0.2, 0.25) is 0 Å². The highest BCUT2D eigenvalue weighted by Gasteiger charge is 2.26. The van der Waals surface area contributed by atoms with Crippen molar-refractivity contribution >= 4 is 5.91 Å². The van der Waals surface area contributed by atoms with Crippen LogP contribution in [0, 0.1) is 0 Å². The third kappa shape index (κ3) is 2.31. The van der Waals surface area contributed by atoms with E-state index < -0.39 is 0 Å². The molecule has 21 heavy (non-hydrogen) atoms. The van der Waals surface area contributed by atoms with Gasteiger partial charge in [-0.3, -0.25) is 9.59 Å². The summed E-state index contributed by atoms with van der Waals surface area (Å²) in [5.74, 6) is 0.944. The van der Waals surface area contributed by atoms with Gasteiger partial charge in [-0.1, -0.05) is 5.16 Å². The van der Waals surface area contributed by atoms with Crippen LogP contribution in [0.15, 0.2) is 27.8 Å². The Bertz CT molecular complexity index is 747. The number of fused-ring (bicyclic) bond motifs is 1. The molecular formula is C14H15N3O4. The summed E-state index contributed by atoms with van der Waals surface area (Å²) in [6, 6.07) is 1.32. The van der Waals surface area contributed by atoms with Crippen molar-refractivity contribution in [1.82, 2.24) is 14.6 Å². The van der Waals surface area contributed by atoms with Gasteiger partial charge in [-0.25, -0.2) is 0 Å². The summed E-state index contributed by atoms with van der Waals surface area (Å²) in [5, 5.41) is 3.75. The highest BCUT2D eigenvalue weighted by Crippen LogP contribution is 2.23. The van der Waals surface area contributed by atoms with E-state index in [0.717, 1.165) is 11.3 Å². The molecular weight excluding hydrogens is 274 g/mol. The minimum absolute atomic E-state index is 0.172. The topological polar surface area (TPSA) is 77.6 Å². The van der Waals surface area contributed by atoms with E-state index in [0.29, 0.717) is 30.8 Å². The molecule has 2 aromatic rings. The molecule has 7 nitrogen and oxygen atoms in total. The van der Waals surface area contributed by atoms with Crippen LogP contribution in [0.3, 0.4) is 0 Å². The lowest BCUT2D eigenvalue weighted by Gasteiger charge is -2.26. The molecule has 0 spiro atoms. The van der Waals surface area contributed by atoms with Crippen molar-refractivity contribution in [3.63, 3.8) is 0 Å². The van der Waals surface area contributed by atoms with Crippen LogP contribution in [-0.2, 0) is 20.0 Å². The largest absolute Gasteiger partial charge is 0.496 e. The summed E-state index contributed by atoms with van der Waals surface area (Å²) in [6.07, 6.45) is 3.77. The van der Waals surface area contributed by atoms with Crippen LogP contribution < -0.4 is 10.3 Å². The van der Waals surface area contributed by atoms with E-state index in [1.165, 1.54) is 23.9 Å². The van der Waals surface area contributed by atoms with Gasteiger partial charge in [-0.2, -0.15) is 0 Å². The lowest BCUT2D eigenvalue weighted by Crippen LogP contribution is -2.36. The second kappa shape index (κ2) is 5.08. The number of carbonyl (C=O) groups excluding carboxylic acids is 1. The van der Waals surface area contributed by atoms with Crippen molar-refractivity contribution in [3.05, 3.63) is 45.7 Å². The van der Waals surface area contributed by atoms with Gasteiger partial charge in [-0.05, 0) is 0 Å². The average molecular weight is 289 g/mol. The Hall–Kier alpha value is -2.57. The molecule has 1 aliphatic rings. The molecule has 110 valence electrons. The Morgan fingerprint density at radius 2 is 2.29 bits per heavy atom. The Labute approximate surface area is 120 Å². The maximum absolute atomic E-state index is 12.7. The molecule has 0 saturated heterocycles. The molecule has 0 saturated carbocycles. The van der Waals surface area contributed by atoms with E-state index in [4.69, 9.17) is 9.26 Å². The third-order valence-electron chi connectivity index (χ3n) is 3.63. The SMILES string of the molecule is COc1cc(=O)n(C)cc1C(=O)N1CCc2oncc2C1. The Morgan fingerprint density at radius 3 is 3.05 bits per heavy atom.